The third-order valence-electron chi connectivity index (χ3n) is 7.43. The number of halogens is 3. The summed E-state index contributed by atoms with van der Waals surface area (Å²) in [5.41, 5.74) is 0.243. The van der Waals surface area contributed by atoms with Crippen LogP contribution in [-0.4, -0.2) is 52.0 Å². The Morgan fingerprint density at radius 3 is 2.44 bits per heavy atom. The summed E-state index contributed by atoms with van der Waals surface area (Å²) < 4.78 is 43.4. The molecule has 1 saturated carbocycles. The number of ether oxygens (including phenoxy) is 1. The number of hydrogen-bond donors (Lipinski definition) is 1. The fourth-order valence-electron chi connectivity index (χ4n) is 5.44. The Morgan fingerprint density at radius 2 is 1.82 bits per heavy atom. The Bertz CT molecular complexity index is 1260. The van der Waals surface area contributed by atoms with Crippen molar-refractivity contribution in [3.8, 4) is 11.1 Å². The molecule has 7 nitrogen and oxygen atoms in total. The van der Waals surface area contributed by atoms with Gasteiger partial charge in [0.05, 0.1) is 12.1 Å². The van der Waals surface area contributed by atoms with Crippen LogP contribution >= 0.6 is 0 Å². The van der Waals surface area contributed by atoms with Crippen LogP contribution in [0.2, 0.25) is 0 Å². The molecule has 1 heterocycles. The van der Waals surface area contributed by atoms with E-state index in [9.17, 15) is 32.7 Å². The number of carbonyl (C=O) groups is 3. The van der Waals surface area contributed by atoms with Crippen molar-refractivity contribution in [1.82, 2.24) is 4.90 Å². The van der Waals surface area contributed by atoms with E-state index in [1.165, 1.54) is 11.0 Å². The van der Waals surface area contributed by atoms with Crippen LogP contribution in [0.1, 0.15) is 67.8 Å². The highest BCUT2D eigenvalue weighted by Gasteiger charge is 2.55. The van der Waals surface area contributed by atoms with Gasteiger partial charge >= 0.3 is 18.1 Å². The normalized spacial score (nSPS) is 19.8. The molecule has 1 unspecified atom stereocenters. The zero-order valence-corrected chi connectivity index (χ0v) is 21.7. The Hall–Kier alpha value is -3.69. The highest BCUT2D eigenvalue weighted by atomic mass is 19.4. The van der Waals surface area contributed by atoms with E-state index in [1.54, 1.807) is 24.3 Å². The Labute approximate surface area is 224 Å². The lowest BCUT2D eigenvalue weighted by Gasteiger charge is -2.31. The number of unbranched alkanes of at least 4 members (excludes halogenated alkanes) is 1. The molecular weight excluding hydrogens is 513 g/mol. The molecule has 0 spiro atoms. The minimum absolute atomic E-state index is 0.00157. The van der Waals surface area contributed by atoms with Crippen LogP contribution in [0.15, 0.2) is 53.5 Å². The average molecular weight is 545 g/mol. The van der Waals surface area contributed by atoms with E-state index in [1.807, 2.05) is 25.1 Å². The summed E-state index contributed by atoms with van der Waals surface area (Å²) in [6, 6.07) is 14.0. The first-order chi connectivity index (χ1) is 18.6. The number of amides is 1. The maximum absolute atomic E-state index is 14.0. The number of rotatable bonds is 10. The summed E-state index contributed by atoms with van der Waals surface area (Å²) in [5, 5.41) is 9.90. The number of aromatic carboxylic acids is 1. The molecule has 4 rings (SSSR count). The molecule has 10 heteroatoms. The lowest BCUT2D eigenvalue weighted by molar-refractivity contribution is -0.201. The number of benzene rings is 2. The number of nitrogens with zero attached hydrogens (tertiary/aromatic N) is 2. The van der Waals surface area contributed by atoms with Crippen molar-refractivity contribution >= 4 is 23.7 Å². The fraction of sp³-hybridized carbons (Fsp3) is 0.448. The molecule has 0 bridgehead atoms. The second-order valence-electron chi connectivity index (χ2n) is 10.1. The summed E-state index contributed by atoms with van der Waals surface area (Å²) in [7, 11) is 0. The number of alkyl halides is 3. The van der Waals surface area contributed by atoms with E-state index in [2.05, 4.69) is 4.74 Å². The van der Waals surface area contributed by atoms with Crippen molar-refractivity contribution < 1.29 is 37.4 Å². The quantitative estimate of drug-likeness (QED) is 0.369. The van der Waals surface area contributed by atoms with Gasteiger partial charge in [0.25, 0.3) is 5.91 Å². The molecule has 1 aliphatic carbocycles. The van der Waals surface area contributed by atoms with Gasteiger partial charge in [-0.1, -0.05) is 68.7 Å². The number of carbonyl (C=O) groups excluding carboxylic acids is 2. The van der Waals surface area contributed by atoms with Gasteiger partial charge < -0.3 is 9.84 Å². The Morgan fingerprint density at radius 1 is 1.13 bits per heavy atom. The van der Waals surface area contributed by atoms with E-state index < -0.39 is 36.2 Å². The SMILES string of the molecule is CCCCC1=NC(COC(=O)C(F)(F)F)(C2CCCC2)C(=O)N1Cc1ccc(-c2ccccc2)c(C(=O)O)c1. The van der Waals surface area contributed by atoms with Crippen LogP contribution in [-0.2, 0) is 20.9 Å². The highest BCUT2D eigenvalue weighted by Crippen LogP contribution is 2.42. The first-order valence-electron chi connectivity index (χ1n) is 13.1. The summed E-state index contributed by atoms with van der Waals surface area (Å²) in [6.07, 6.45) is -0.496. The number of hydrogen-bond acceptors (Lipinski definition) is 5. The minimum Gasteiger partial charge on any atom is -0.478 e. The first-order valence-corrected chi connectivity index (χ1v) is 13.1. The second-order valence-corrected chi connectivity index (χ2v) is 10.1. The molecule has 1 N–H and O–H groups in total. The number of esters is 1. The lowest BCUT2D eigenvalue weighted by Crippen LogP contribution is -2.51. The summed E-state index contributed by atoms with van der Waals surface area (Å²) in [4.78, 5) is 43.8. The van der Waals surface area contributed by atoms with Crippen LogP contribution in [0.5, 0.6) is 0 Å². The van der Waals surface area contributed by atoms with Gasteiger partial charge in [-0.2, -0.15) is 13.2 Å². The topological polar surface area (TPSA) is 96.3 Å². The van der Waals surface area contributed by atoms with Gasteiger partial charge in [0.2, 0.25) is 0 Å². The van der Waals surface area contributed by atoms with Crippen molar-refractivity contribution in [2.45, 2.75) is 70.1 Å². The molecule has 208 valence electrons. The van der Waals surface area contributed by atoms with Gasteiger partial charge in [-0.25, -0.2) is 9.59 Å². The van der Waals surface area contributed by atoms with E-state index in [0.717, 1.165) is 24.8 Å². The molecule has 2 aromatic rings. The number of aliphatic imine (C=N–C) groups is 1. The number of amidine groups is 1. The zero-order chi connectivity index (χ0) is 28.2. The Balaban J connectivity index is 1.68. The van der Waals surface area contributed by atoms with Crippen molar-refractivity contribution in [2.75, 3.05) is 6.61 Å². The highest BCUT2D eigenvalue weighted by molar-refractivity contribution is 6.08. The van der Waals surface area contributed by atoms with Gasteiger partial charge in [-0.05, 0) is 47.9 Å². The molecule has 0 radical (unpaired) electrons. The zero-order valence-electron chi connectivity index (χ0n) is 21.7. The van der Waals surface area contributed by atoms with E-state index in [0.29, 0.717) is 42.6 Å². The van der Waals surface area contributed by atoms with Crippen LogP contribution in [0, 0.1) is 5.92 Å². The number of carboxylic acid groups (broad SMARTS) is 1. The number of carboxylic acids is 1. The lowest BCUT2D eigenvalue weighted by atomic mass is 9.83. The standard InChI is InChI=1S/C29H31F3N2O5/c1-2-3-13-24-33-28(21-11-7-8-12-21,18-39-27(38)29(30,31)32)26(37)34(24)17-19-14-15-22(23(16-19)25(35)36)20-9-5-4-6-10-20/h4-6,9-10,14-16,21H,2-3,7-8,11-13,17-18H2,1H3,(H,35,36). The smallest absolute Gasteiger partial charge is 0.478 e. The largest absolute Gasteiger partial charge is 0.490 e. The van der Waals surface area contributed by atoms with Crippen LogP contribution in [0.3, 0.4) is 0 Å². The average Bonchev–Trinajstić information content (AvgIpc) is 3.54. The van der Waals surface area contributed by atoms with Gasteiger partial charge in [0, 0.05) is 6.42 Å². The van der Waals surface area contributed by atoms with Crippen molar-refractivity contribution in [2.24, 2.45) is 10.9 Å². The van der Waals surface area contributed by atoms with Gasteiger partial charge in [0.15, 0.2) is 5.54 Å². The Kier molecular flexibility index (Phi) is 8.42. The van der Waals surface area contributed by atoms with Gasteiger partial charge in [-0.15, -0.1) is 0 Å². The van der Waals surface area contributed by atoms with E-state index in [4.69, 9.17) is 4.99 Å². The predicted octanol–water partition coefficient (Wildman–Crippen LogP) is 6.02. The summed E-state index contributed by atoms with van der Waals surface area (Å²) in [6.45, 7) is 1.19. The van der Waals surface area contributed by atoms with Gasteiger partial charge in [0.1, 0.15) is 12.4 Å². The molecule has 2 aromatic carbocycles. The monoisotopic (exact) mass is 544 g/mol. The maximum Gasteiger partial charge on any atom is 0.490 e. The molecule has 0 saturated heterocycles. The fourth-order valence-corrected chi connectivity index (χ4v) is 5.44. The minimum atomic E-state index is -5.18. The van der Waals surface area contributed by atoms with Crippen LogP contribution < -0.4 is 0 Å². The third-order valence-corrected chi connectivity index (χ3v) is 7.43. The molecular formula is C29H31F3N2O5. The van der Waals surface area contributed by atoms with Crippen LogP contribution in [0.25, 0.3) is 11.1 Å². The van der Waals surface area contributed by atoms with Crippen LogP contribution in [0.4, 0.5) is 13.2 Å². The molecule has 1 amide bonds. The summed E-state index contributed by atoms with van der Waals surface area (Å²) in [5.74, 6) is -3.93. The molecule has 1 aliphatic heterocycles. The third kappa shape index (κ3) is 5.99. The van der Waals surface area contributed by atoms with Crippen molar-refractivity contribution in [1.29, 1.82) is 0 Å². The molecule has 39 heavy (non-hydrogen) atoms. The molecule has 1 atom stereocenters. The second kappa shape index (κ2) is 11.6. The van der Waals surface area contributed by atoms with Crippen molar-refractivity contribution in [3.05, 3.63) is 59.7 Å². The van der Waals surface area contributed by atoms with E-state index in [-0.39, 0.29) is 18.0 Å². The molecule has 2 aliphatic rings. The molecule has 0 aromatic heterocycles. The maximum atomic E-state index is 14.0. The van der Waals surface area contributed by atoms with Gasteiger partial charge in [-0.3, -0.25) is 14.7 Å². The van der Waals surface area contributed by atoms with Crippen molar-refractivity contribution in [3.63, 3.8) is 0 Å². The predicted molar refractivity (Wildman–Crippen MR) is 138 cm³/mol. The molecule has 1 fully saturated rings. The van der Waals surface area contributed by atoms with E-state index >= 15 is 0 Å². The summed E-state index contributed by atoms with van der Waals surface area (Å²) >= 11 is 0. The first kappa shape index (κ1) is 28.3.